The molecule has 0 atom stereocenters. The van der Waals surface area contributed by atoms with Gasteiger partial charge in [0.2, 0.25) is 0 Å². The second-order valence-electron chi connectivity index (χ2n) is 1.97. The quantitative estimate of drug-likeness (QED) is 0.539. The topological polar surface area (TPSA) is 93.8 Å². The van der Waals surface area contributed by atoms with Crippen LogP contribution in [0.4, 0.5) is 0 Å². The minimum Gasteiger partial charge on any atom is -0.460 e. The van der Waals surface area contributed by atoms with Crippen molar-refractivity contribution in [2.45, 2.75) is 0 Å². The first-order chi connectivity index (χ1) is 6.08. The molecular weight excluding hydrogens is 200 g/mol. The average Bonchev–Trinajstić information content (AvgIpc) is 2.54. The predicted octanol–water partition coefficient (Wildman–Crippen LogP) is -0.284. The Kier molecular flexibility index (Phi) is 2.81. The Bertz CT molecular complexity index is 375. The second kappa shape index (κ2) is 3.69. The van der Waals surface area contributed by atoms with Gasteiger partial charge >= 0.3 is 15.2 Å². The molecular formula is C6H6O6S. The molecule has 0 radical (unpaired) electrons. The van der Waals surface area contributed by atoms with Gasteiger partial charge in [-0.05, 0) is 12.1 Å². The Morgan fingerprint density at radius 1 is 1.62 bits per heavy atom. The normalized spacial score (nSPS) is 11.5. The van der Waals surface area contributed by atoms with E-state index in [2.05, 4.69) is 8.60 Å². The molecule has 0 aliphatic heterocycles. The third-order valence-corrected chi connectivity index (χ3v) is 2.23. The molecule has 0 spiro atoms. The largest absolute Gasteiger partial charge is 0.460 e. The molecule has 1 heterocycles. The van der Waals surface area contributed by atoms with Crippen molar-refractivity contribution in [2.75, 3.05) is 6.79 Å². The van der Waals surface area contributed by atoms with Crippen molar-refractivity contribution >= 4 is 15.2 Å². The Morgan fingerprint density at radius 2 is 2.31 bits per heavy atom. The average molecular weight is 206 g/mol. The van der Waals surface area contributed by atoms with E-state index in [1.54, 1.807) is 0 Å². The first-order valence-corrected chi connectivity index (χ1v) is 4.57. The van der Waals surface area contributed by atoms with E-state index in [4.69, 9.17) is 5.11 Å². The summed E-state index contributed by atoms with van der Waals surface area (Å²) in [5, 5.41) is 6.85. The van der Waals surface area contributed by atoms with Gasteiger partial charge in [0.25, 0.3) is 0 Å². The van der Waals surface area contributed by atoms with Crippen molar-refractivity contribution in [1.29, 1.82) is 0 Å². The molecule has 0 fully saturated rings. The van der Waals surface area contributed by atoms with Crippen molar-refractivity contribution in [2.24, 2.45) is 0 Å². The van der Waals surface area contributed by atoms with E-state index in [1.807, 2.05) is 0 Å². The van der Waals surface area contributed by atoms with Crippen LogP contribution in [-0.2, 0) is 14.3 Å². The van der Waals surface area contributed by atoms with Crippen LogP contribution in [0.25, 0.3) is 0 Å². The van der Waals surface area contributed by atoms with Crippen molar-refractivity contribution in [3.05, 3.63) is 24.2 Å². The maximum Gasteiger partial charge on any atom is 0.341 e. The monoisotopic (exact) mass is 206 g/mol. The van der Waals surface area contributed by atoms with Gasteiger partial charge in [0.1, 0.15) is 0 Å². The zero-order valence-corrected chi connectivity index (χ0v) is 7.15. The minimum atomic E-state index is -4.42. The summed E-state index contributed by atoms with van der Waals surface area (Å²) in [6, 6.07) is 2.54. The van der Waals surface area contributed by atoms with E-state index in [1.165, 1.54) is 12.1 Å². The van der Waals surface area contributed by atoms with E-state index in [0.717, 1.165) is 6.26 Å². The van der Waals surface area contributed by atoms with E-state index < -0.39 is 22.0 Å². The highest BCUT2D eigenvalue weighted by Crippen LogP contribution is 2.07. The molecule has 0 bridgehead atoms. The highest BCUT2D eigenvalue weighted by molar-refractivity contribution is 8.02. The van der Waals surface area contributed by atoms with Crippen molar-refractivity contribution in [3.8, 4) is 0 Å². The fourth-order valence-corrected chi connectivity index (χ4v) is 1.25. The molecule has 1 aromatic heterocycles. The Hall–Kier alpha value is -1.18. The molecule has 7 heteroatoms. The lowest BCUT2D eigenvalue weighted by atomic mass is 10.5. The van der Waals surface area contributed by atoms with Crippen LogP contribution >= 0.6 is 0 Å². The van der Waals surface area contributed by atoms with E-state index in [9.17, 15) is 13.2 Å². The summed E-state index contributed by atoms with van der Waals surface area (Å²) >= 11 is 0. The van der Waals surface area contributed by atoms with Gasteiger partial charge in [-0.1, -0.05) is 0 Å². The van der Waals surface area contributed by atoms with Crippen LogP contribution in [0.2, 0.25) is 0 Å². The highest BCUT2D eigenvalue weighted by atomic mass is 32.2. The minimum absolute atomic E-state index is 0.353. The Labute approximate surface area is 73.9 Å². The molecule has 0 aliphatic rings. The number of furan rings is 1. The first-order valence-electron chi connectivity index (χ1n) is 3.16. The molecule has 1 aromatic rings. The third-order valence-electron chi connectivity index (χ3n) is 1.16. The molecule has 6 nitrogen and oxygen atoms in total. The molecule has 0 amide bonds. The van der Waals surface area contributed by atoms with Crippen molar-refractivity contribution in [1.82, 2.24) is 0 Å². The zero-order valence-electron chi connectivity index (χ0n) is 6.34. The summed E-state index contributed by atoms with van der Waals surface area (Å²) in [6.45, 7) is -1.07. The number of aliphatic hydroxyl groups is 1. The Morgan fingerprint density at radius 3 is 2.77 bits per heavy atom. The molecule has 0 saturated heterocycles. The number of hydrogen-bond donors (Lipinski definition) is 1. The van der Waals surface area contributed by atoms with Gasteiger partial charge in [0.15, 0.2) is 12.6 Å². The SMILES string of the molecule is O=C(c1ccco1)S(=O)(=O)OCO. The van der Waals surface area contributed by atoms with Crippen LogP contribution in [0.5, 0.6) is 0 Å². The van der Waals surface area contributed by atoms with Crippen LogP contribution in [0.3, 0.4) is 0 Å². The van der Waals surface area contributed by atoms with Gasteiger partial charge in [-0.15, -0.1) is 0 Å². The lowest BCUT2D eigenvalue weighted by Crippen LogP contribution is -2.17. The zero-order chi connectivity index (χ0) is 9.90. The van der Waals surface area contributed by atoms with Gasteiger partial charge in [0.05, 0.1) is 6.26 Å². The highest BCUT2D eigenvalue weighted by Gasteiger charge is 2.27. The molecule has 72 valence electrons. The summed E-state index contributed by atoms with van der Waals surface area (Å²) in [5.41, 5.74) is 0. The molecule has 0 aliphatic carbocycles. The fourth-order valence-electron chi connectivity index (χ4n) is 0.641. The van der Waals surface area contributed by atoms with Crippen LogP contribution in [0.1, 0.15) is 10.6 Å². The maximum atomic E-state index is 11.0. The molecule has 0 saturated carbocycles. The van der Waals surface area contributed by atoms with Gasteiger partial charge < -0.3 is 9.52 Å². The summed E-state index contributed by atoms with van der Waals surface area (Å²) in [6.07, 6.45) is 1.15. The van der Waals surface area contributed by atoms with E-state index in [-0.39, 0.29) is 5.76 Å². The number of carbonyl (C=O) groups excluding carboxylic acids is 1. The van der Waals surface area contributed by atoms with Gasteiger partial charge in [-0.2, -0.15) is 8.42 Å². The van der Waals surface area contributed by atoms with Crippen LogP contribution in [-0.4, -0.2) is 25.4 Å². The van der Waals surface area contributed by atoms with Gasteiger partial charge in [-0.3, -0.25) is 4.79 Å². The lowest BCUT2D eigenvalue weighted by molar-refractivity contribution is 0.0894. The van der Waals surface area contributed by atoms with E-state index >= 15 is 0 Å². The van der Waals surface area contributed by atoms with Crippen molar-refractivity contribution < 1.29 is 26.9 Å². The molecule has 0 unspecified atom stereocenters. The molecule has 1 N–H and O–H groups in total. The molecule has 0 aromatic carbocycles. The molecule has 1 rings (SSSR count). The van der Waals surface area contributed by atoms with Crippen LogP contribution < -0.4 is 0 Å². The predicted molar refractivity (Wildman–Crippen MR) is 40.1 cm³/mol. The standard InChI is InChI=1S/C6H6O6S/c7-4-12-13(9,10)6(8)5-2-1-3-11-5/h1-3,7H,4H2. The Balaban J connectivity index is 2.92. The molecule has 13 heavy (non-hydrogen) atoms. The fraction of sp³-hybridized carbons (Fsp3) is 0.167. The maximum absolute atomic E-state index is 11.0. The van der Waals surface area contributed by atoms with Crippen LogP contribution in [0, 0.1) is 0 Å². The van der Waals surface area contributed by atoms with Crippen molar-refractivity contribution in [3.63, 3.8) is 0 Å². The number of rotatable bonds is 3. The summed E-state index contributed by atoms with van der Waals surface area (Å²) < 4.78 is 30.0. The third kappa shape index (κ3) is 2.14. The van der Waals surface area contributed by atoms with E-state index in [0.29, 0.717) is 0 Å². The number of carbonyl (C=O) groups is 1. The number of aliphatic hydroxyl groups excluding tert-OH is 1. The summed E-state index contributed by atoms with van der Waals surface area (Å²) in [4.78, 5) is 11.0. The lowest BCUT2D eigenvalue weighted by Gasteiger charge is -1.97. The summed E-state index contributed by atoms with van der Waals surface area (Å²) in [7, 11) is -4.42. The first kappa shape index (κ1) is 9.90. The smallest absolute Gasteiger partial charge is 0.341 e. The van der Waals surface area contributed by atoms with Crippen LogP contribution in [0.15, 0.2) is 22.8 Å². The number of hydrogen-bond acceptors (Lipinski definition) is 6. The second-order valence-corrected chi connectivity index (χ2v) is 3.48. The summed E-state index contributed by atoms with van der Waals surface area (Å²) in [5.74, 6) is -0.353. The van der Waals surface area contributed by atoms with Gasteiger partial charge in [0, 0.05) is 0 Å². The van der Waals surface area contributed by atoms with Gasteiger partial charge in [-0.25, -0.2) is 4.18 Å².